The van der Waals surface area contributed by atoms with Crippen LogP contribution in [0.5, 0.6) is 0 Å². The maximum atomic E-state index is 9.83. The first-order valence-electron chi connectivity index (χ1n) is 41.3. The molecule has 6 heterocycles. The van der Waals surface area contributed by atoms with Gasteiger partial charge < -0.3 is 27.9 Å². The molecular weight excluding hydrogens is 1300 g/mol. The number of benzene rings is 14. The molecule has 14 aromatic carbocycles. The highest BCUT2D eigenvalue weighted by Crippen LogP contribution is 2.63. The predicted octanol–water partition coefficient (Wildman–Crippen LogP) is 28.1. The normalized spacial score (nSPS) is 15.1. The van der Waals surface area contributed by atoms with E-state index in [1.54, 1.807) is 4.57 Å². The van der Waals surface area contributed by atoms with Gasteiger partial charge in [0.15, 0.2) is 11.2 Å². The standard InChI is InChI=1S/C101H85N5O/c1-98(2,3)65-43-50-87-79(54-65)74-33-21-24-38-84(74)105(87)88-39-25-34-75-76-35-26-40-89(97(76)107-96(75)88)106-91-60-70(102-82-36-22-19-31-72(82)73-32-20-23-37-83(73)102)45-47-78(91)94-77-46-44-69(103-85-48-41-66(99(4,5)6)55-80(85)81-56-67(100(7,8)9)42-49-86(81)103)59-90(77)104(92-57-68(101(10,11)12)58-93(106)95(92)94)71-52-63(61-27-15-13-16-28-61)51-64(53-71)62-29-17-14-18-30-62/h13-60,94H,1-12H3/i19D,20D,22D,23D,31D,32D,36D,37D. The molecular formula is C101H85N5O. The van der Waals surface area contributed by atoms with Crippen LogP contribution in [0.3, 0.4) is 0 Å². The van der Waals surface area contributed by atoms with E-state index in [1.807, 2.05) is 6.07 Å². The molecule has 20 rings (SSSR count). The van der Waals surface area contributed by atoms with Gasteiger partial charge in [-0.25, -0.2) is 0 Å². The summed E-state index contributed by atoms with van der Waals surface area (Å²) in [6.07, 6.45) is 0. The molecule has 18 aromatic rings. The van der Waals surface area contributed by atoms with Crippen LogP contribution >= 0.6 is 0 Å². The maximum absolute atomic E-state index is 9.83. The minimum Gasteiger partial charge on any atom is -0.452 e. The lowest BCUT2D eigenvalue weighted by molar-refractivity contribution is 0.589. The number of anilines is 6. The first-order chi connectivity index (χ1) is 54.9. The van der Waals surface area contributed by atoms with Gasteiger partial charge in [-0.05, 0) is 199 Å². The molecule has 6 nitrogen and oxygen atoms in total. The Labute approximate surface area is 636 Å². The fraction of sp³-hybridized carbons (Fsp3) is 0.168. The van der Waals surface area contributed by atoms with Crippen molar-refractivity contribution in [2.45, 2.75) is 111 Å². The van der Waals surface area contributed by atoms with Crippen LogP contribution in [0.25, 0.3) is 127 Å². The van der Waals surface area contributed by atoms with Crippen molar-refractivity contribution in [1.82, 2.24) is 13.7 Å². The van der Waals surface area contributed by atoms with Crippen LogP contribution in [-0.4, -0.2) is 13.7 Å². The number of aromatic nitrogens is 3. The number of hydrogen-bond donors (Lipinski definition) is 0. The van der Waals surface area contributed by atoms with Crippen molar-refractivity contribution in [2.24, 2.45) is 0 Å². The van der Waals surface area contributed by atoms with E-state index >= 15 is 0 Å². The summed E-state index contributed by atoms with van der Waals surface area (Å²) in [5.41, 5.74) is 24.4. The van der Waals surface area contributed by atoms with E-state index in [9.17, 15) is 8.22 Å². The Hall–Kier alpha value is -12.1. The van der Waals surface area contributed by atoms with Crippen LogP contribution in [-0.2, 0) is 21.7 Å². The summed E-state index contributed by atoms with van der Waals surface area (Å²) in [4.78, 5) is 4.86. The van der Waals surface area contributed by atoms with E-state index in [-0.39, 0.29) is 50.1 Å². The molecule has 0 saturated heterocycles. The number of fused-ring (bicyclic) bond motifs is 16. The molecule has 0 amide bonds. The third-order valence-electron chi connectivity index (χ3n) is 22.8. The molecule has 2 aliphatic heterocycles. The predicted molar refractivity (Wildman–Crippen MR) is 453 cm³/mol. The van der Waals surface area contributed by atoms with Gasteiger partial charge in [-0.15, -0.1) is 0 Å². The van der Waals surface area contributed by atoms with Gasteiger partial charge in [-0.2, -0.15) is 0 Å². The van der Waals surface area contributed by atoms with Crippen LogP contribution < -0.4 is 9.80 Å². The molecule has 2 aliphatic rings. The molecule has 0 radical (unpaired) electrons. The van der Waals surface area contributed by atoms with Gasteiger partial charge in [0.25, 0.3) is 0 Å². The Kier molecular flexibility index (Phi) is 12.2. The van der Waals surface area contributed by atoms with Crippen molar-refractivity contribution in [2.75, 3.05) is 9.80 Å². The Morgan fingerprint density at radius 3 is 1.21 bits per heavy atom. The summed E-state index contributed by atoms with van der Waals surface area (Å²) >= 11 is 0. The summed E-state index contributed by atoms with van der Waals surface area (Å²) in [6.45, 7) is 27.2. The molecule has 0 N–H and O–H groups in total. The van der Waals surface area contributed by atoms with Gasteiger partial charge in [-0.3, -0.25) is 0 Å². The van der Waals surface area contributed by atoms with Gasteiger partial charge in [0, 0.05) is 71.6 Å². The summed E-state index contributed by atoms with van der Waals surface area (Å²) in [5.74, 6) is -0.490. The van der Waals surface area contributed by atoms with E-state index in [1.165, 1.54) is 27.5 Å². The maximum Gasteiger partial charge on any atom is 0.159 e. The Morgan fingerprint density at radius 1 is 0.271 bits per heavy atom. The monoisotopic (exact) mass is 1390 g/mol. The highest BCUT2D eigenvalue weighted by molar-refractivity contribution is 6.17. The lowest BCUT2D eigenvalue weighted by atomic mass is 9.73. The van der Waals surface area contributed by atoms with Crippen LogP contribution in [0.4, 0.5) is 34.1 Å². The minimum absolute atomic E-state index is 0.00418. The van der Waals surface area contributed by atoms with Gasteiger partial charge in [0.05, 0.1) is 78.2 Å². The molecule has 0 fully saturated rings. The highest BCUT2D eigenvalue weighted by Gasteiger charge is 2.44. The average molecular weight is 1390 g/mol. The lowest BCUT2D eigenvalue weighted by Crippen LogP contribution is -2.30. The molecule has 6 heteroatoms. The van der Waals surface area contributed by atoms with E-state index in [0.29, 0.717) is 16.9 Å². The van der Waals surface area contributed by atoms with Gasteiger partial charge >= 0.3 is 0 Å². The number of rotatable bonds is 7. The largest absolute Gasteiger partial charge is 0.452 e. The molecule has 0 aliphatic carbocycles. The molecule has 4 aromatic heterocycles. The topological polar surface area (TPSA) is 34.4 Å². The second-order valence-electron chi connectivity index (χ2n) is 33.6. The molecule has 0 bridgehead atoms. The third-order valence-corrected chi connectivity index (χ3v) is 22.8. The van der Waals surface area contributed by atoms with Crippen LogP contribution in [0.2, 0.25) is 0 Å². The van der Waals surface area contributed by atoms with Crippen LogP contribution in [0, 0.1) is 0 Å². The second-order valence-corrected chi connectivity index (χ2v) is 33.6. The quantitative estimate of drug-likeness (QED) is 0.159. The van der Waals surface area contributed by atoms with Crippen molar-refractivity contribution in [1.29, 1.82) is 0 Å². The first kappa shape index (κ1) is 56.3. The van der Waals surface area contributed by atoms with E-state index in [4.69, 9.17) is 7.16 Å². The van der Waals surface area contributed by atoms with Crippen molar-refractivity contribution in [3.05, 3.63) is 330 Å². The van der Waals surface area contributed by atoms with Gasteiger partial charge in [0.2, 0.25) is 0 Å². The van der Waals surface area contributed by atoms with E-state index in [0.717, 1.165) is 134 Å². The number of nitrogens with zero attached hydrogens (tertiary/aromatic N) is 5. The fourth-order valence-corrected chi connectivity index (χ4v) is 17.3. The molecule has 0 saturated carbocycles. The first-order valence-corrected chi connectivity index (χ1v) is 37.3. The SMILES string of the molecule is [2H]c1c([2H])c([2H])c2c(c1[2H])c1c([2H])c([2H])c([2H])c([2H])c1n2-c1ccc2c(c1)N(c1cccc3c1oc1c(-n4c5ccccc5c5cc(C(C)(C)C)ccc54)cccc13)c1cc(C(C)(C)C)cc3c1C2c1ccc(-n2c4ccc(C(C)(C)C)cc4c4cc(C(C)(C)C)ccc42)cc1N3c1cc(-c2ccccc2)cc(-c2ccccc2)c1. The fourth-order valence-electron chi connectivity index (χ4n) is 17.3. The smallest absolute Gasteiger partial charge is 0.159 e. The Balaban J connectivity index is 0.923. The second kappa shape index (κ2) is 23.2. The van der Waals surface area contributed by atoms with Crippen molar-refractivity contribution >= 4 is 121 Å². The zero-order valence-electron chi connectivity index (χ0n) is 70.3. The average Bonchev–Trinajstić information content (AvgIpc) is 1.30. The zero-order chi connectivity index (χ0) is 79.9. The van der Waals surface area contributed by atoms with Gasteiger partial charge in [-0.1, -0.05) is 253 Å². The molecule has 1 atom stereocenters. The number of furan rings is 1. The lowest BCUT2D eigenvalue weighted by Gasteiger charge is -2.46. The zero-order valence-corrected chi connectivity index (χ0v) is 62.3. The Bertz CT molecular complexity index is 7050. The number of hydrogen-bond acceptors (Lipinski definition) is 3. The van der Waals surface area contributed by atoms with Crippen molar-refractivity contribution in [3.8, 4) is 39.3 Å². The van der Waals surface area contributed by atoms with Crippen LogP contribution in [0.1, 0.15) is 139 Å². The summed E-state index contributed by atoms with van der Waals surface area (Å²) in [7, 11) is 0. The molecule has 0 spiro atoms. The van der Waals surface area contributed by atoms with Crippen molar-refractivity contribution < 1.29 is 15.4 Å². The summed E-state index contributed by atoms with van der Waals surface area (Å²) < 4.78 is 89.7. The summed E-state index contributed by atoms with van der Waals surface area (Å²) in [5, 5.41) is 6.46. The van der Waals surface area contributed by atoms with Gasteiger partial charge in [0.1, 0.15) is 0 Å². The van der Waals surface area contributed by atoms with Crippen LogP contribution in [0.15, 0.2) is 295 Å². The number of para-hydroxylation sites is 5. The molecule has 107 heavy (non-hydrogen) atoms. The Morgan fingerprint density at radius 2 is 0.692 bits per heavy atom. The van der Waals surface area contributed by atoms with E-state index < -0.39 is 47.6 Å². The van der Waals surface area contributed by atoms with E-state index in [2.05, 4.69) is 339 Å². The summed E-state index contributed by atoms with van der Waals surface area (Å²) in [6, 6.07) is 85.0. The highest BCUT2D eigenvalue weighted by atomic mass is 16.3. The van der Waals surface area contributed by atoms with Crippen molar-refractivity contribution in [3.63, 3.8) is 0 Å². The molecule has 520 valence electrons. The third kappa shape index (κ3) is 9.97. The molecule has 1 unspecified atom stereocenters. The minimum atomic E-state index is -0.503.